The van der Waals surface area contributed by atoms with Crippen LogP contribution < -0.4 is 5.32 Å². The van der Waals surface area contributed by atoms with Gasteiger partial charge < -0.3 is 14.8 Å². The summed E-state index contributed by atoms with van der Waals surface area (Å²) in [5, 5.41) is 4.04. The quantitative estimate of drug-likeness (QED) is 0.793. The predicted molar refractivity (Wildman–Crippen MR) is 92.8 cm³/mol. The maximum atomic E-state index is 13.8. The Bertz CT molecular complexity index is 763. The Kier molecular flexibility index (Phi) is 5.30. The molecule has 1 aromatic carbocycles. The fourth-order valence-electron chi connectivity index (χ4n) is 2.76. The van der Waals surface area contributed by atoms with Gasteiger partial charge in [0.05, 0.1) is 28.9 Å². The van der Waals surface area contributed by atoms with Crippen LogP contribution in [0.3, 0.4) is 0 Å². The van der Waals surface area contributed by atoms with Crippen molar-refractivity contribution in [1.29, 1.82) is 0 Å². The van der Waals surface area contributed by atoms with Crippen molar-refractivity contribution in [2.24, 2.45) is 0 Å². The van der Waals surface area contributed by atoms with E-state index in [-0.39, 0.29) is 12.6 Å². The monoisotopic (exact) mass is 396 g/mol. The van der Waals surface area contributed by atoms with E-state index in [1.165, 1.54) is 12.3 Å². The highest BCUT2D eigenvalue weighted by Gasteiger charge is 2.22. The molecule has 1 aromatic heterocycles. The molecule has 0 spiro atoms. The van der Waals surface area contributed by atoms with Gasteiger partial charge in [0.2, 0.25) is 0 Å². The zero-order valence-corrected chi connectivity index (χ0v) is 14.9. The van der Waals surface area contributed by atoms with Gasteiger partial charge in [0.15, 0.2) is 0 Å². The molecule has 5 nitrogen and oxygen atoms in total. The number of carbonyl (C=O) groups is 1. The number of benzene rings is 1. The Labute approximate surface area is 147 Å². The van der Waals surface area contributed by atoms with E-state index in [0.29, 0.717) is 33.2 Å². The van der Waals surface area contributed by atoms with Crippen LogP contribution in [0, 0.1) is 5.82 Å². The Morgan fingerprint density at radius 2 is 2.38 bits per heavy atom. The molecule has 128 valence electrons. The Morgan fingerprint density at radius 3 is 3.08 bits per heavy atom. The minimum absolute atomic E-state index is 0.0846. The molecule has 0 saturated carbocycles. The van der Waals surface area contributed by atoms with Crippen LogP contribution in [0.15, 0.2) is 22.8 Å². The molecule has 2 aromatic rings. The van der Waals surface area contributed by atoms with Crippen molar-refractivity contribution in [3.8, 4) is 0 Å². The van der Waals surface area contributed by atoms with Gasteiger partial charge in [-0.3, -0.25) is 4.98 Å². The second-order valence-corrected chi connectivity index (χ2v) is 6.46. The smallest absolute Gasteiger partial charge is 0.341 e. The van der Waals surface area contributed by atoms with Crippen LogP contribution >= 0.6 is 15.9 Å². The molecule has 24 heavy (non-hydrogen) atoms. The number of hydrogen-bond acceptors (Lipinski definition) is 5. The number of nitrogens with one attached hydrogen (secondary N) is 1. The van der Waals surface area contributed by atoms with Crippen LogP contribution in [0.4, 0.5) is 10.1 Å². The number of nitrogens with zero attached hydrogens (tertiary/aromatic N) is 1. The van der Waals surface area contributed by atoms with Crippen molar-refractivity contribution in [3.63, 3.8) is 0 Å². The molecule has 1 aliphatic rings. The van der Waals surface area contributed by atoms with Gasteiger partial charge in [-0.05, 0) is 41.8 Å². The van der Waals surface area contributed by atoms with Crippen LogP contribution in [0.1, 0.15) is 30.1 Å². The van der Waals surface area contributed by atoms with Crippen molar-refractivity contribution in [2.45, 2.75) is 25.8 Å². The molecule has 1 saturated heterocycles. The number of rotatable bonds is 4. The molecular formula is C17H18BrFN2O3. The molecule has 1 aliphatic heterocycles. The summed E-state index contributed by atoms with van der Waals surface area (Å²) in [6.45, 7) is 3.33. The third-order valence-electron chi connectivity index (χ3n) is 3.91. The Hall–Kier alpha value is -1.73. The van der Waals surface area contributed by atoms with Gasteiger partial charge in [-0.2, -0.15) is 0 Å². The number of anilines is 1. The minimum Gasteiger partial charge on any atom is -0.462 e. The van der Waals surface area contributed by atoms with Gasteiger partial charge in [0.1, 0.15) is 11.4 Å². The predicted octanol–water partition coefficient (Wildman–Crippen LogP) is 3.90. The van der Waals surface area contributed by atoms with E-state index in [1.54, 1.807) is 13.0 Å². The maximum absolute atomic E-state index is 13.8. The molecule has 2 heterocycles. The first-order chi connectivity index (χ1) is 11.6. The lowest BCUT2D eigenvalue weighted by Gasteiger charge is -2.25. The largest absolute Gasteiger partial charge is 0.462 e. The second-order valence-electron chi connectivity index (χ2n) is 5.61. The van der Waals surface area contributed by atoms with Gasteiger partial charge in [-0.25, -0.2) is 9.18 Å². The Morgan fingerprint density at radius 1 is 1.54 bits per heavy atom. The first-order valence-electron chi connectivity index (χ1n) is 7.89. The molecular weight excluding hydrogens is 379 g/mol. The van der Waals surface area contributed by atoms with Gasteiger partial charge in [-0.1, -0.05) is 0 Å². The van der Waals surface area contributed by atoms with E-state index in [1.807, 2.05) is 0 Å². The van der Waals surface area contributed by atoms with Gasteiger partial charge >= 0.3 is 5.97 Å². The second kappa shape index (κ2) is 7.44. The topological polar surface area (TPSA) is 60.5 Å². The lowest BCUT2D eigenvalue weighted by atomic mass is 10.1. The van der Waals surface area contributed by atoms with Crippen molar-refractivity contribution in [1.82, 2.24) is 4.98 Å². The first-order valence-corrected chi connectivity index (χ1v) is 8.68. The maximum Gasteiger partial charge on any atom is 0.341 e. The molecule has 0 radical (unpaired) electrons. The van der Waals surface area contributed by atoms with Gasteiger partial charge in [0.25, 0.3) is 0 Å². The van der Waals surface area contributed by atoms with E-state index >= 15 is 0 Å². The molecule has 0 bridgehead atoms. The van der Waals surface area contributed by atoms with Crippen molar-refractivity contribution >= 4 is 38.5 Å². The Balaban J connectivity index is 2.09. The molecule has 7 heteroatoms. The lowest BCUT2D eigenvalue weighted by molar-refractivity contribution is 0.0526. The van der Waals surface area contributed by atoms with Crippen molar-refractivity contribution < 1.29 is 18.7 Å². The SMILES string of the molecule is CCOC(=O)c1cnc2cc(F)c(Br)cc2c1N[C@H]1CCCOC1. The first kappa shape index (κ1) is 17.1. The van der Waals surface area contributed by atoms with Crippen LogP contribution in [-0.4, -0.2) is 36.8 Å². The normalized spacial score (nSPS) is 17.7. The number of hydrogen-bond donors (Lipinski definition) is 1. The van der Waals surface area contributed by atoms with Crippen molar-refractivity contribution in [2.75, 3.05) is 25.1 Å². The van der Waals surface area contributed by atoms with Crippen LogP contribution in [0.5, 0.6) is 0 Å². The van der Waals surface area contributed by atoms with E-state index in [2.05, 4.69) is 26.2 Å². The third-order valence-corrected chi connectivity index (χ3v) is 4.52. The average molecular weight is 397 g/mol. The molecule has 0 aliphatic carbocycles. The number of aromatic nitrogens is 1. The van der Waals surface area contributed by atoms with Crippen LogP contribution in [0.25, 0.3) is 10.9 Å². The standard InChI is InChI=1S/C17H18BrFN2O3/c1-2-24-17(22)12-8-20-15-7-14(19)13(18)6-11(15)16(12)21-10-4-3-5-23-9-10/h6-8,10H,2-5,9H2,1H3,(H,20,21)/t10-/m0/s1. The van der Waals surface area contributed by atoms with E-state index in [9.17, 15) is 9.18 Å². The summed E-state index contributed by atoms with van der Waals surface area (Å²) in [4.78, 5) is 16.5. The number of pyridine rings is 1. The number of carbonyl (C=O) groups excluding carboxylic acids is 1. The zero-order valence-electron chi connectivity index (χ0n) is 13.3. The zero-order chi connectivity index (χ0) is 17.1. The molecule has 1 N–H and O–H groups in total. The summed E-state index contributed by atoms with van der Waals surface area (Å²) in [5.74, 6) is -0.850. The number of fused-ring (bicyclic) bond motifs is 1. The van der Waals surface area contributed by atoms with E-state index in [0.717, 1.165) is 19.4 Å². The van der Waals surface area contributed by atoms with Gasteiger partial charge in [-0.15, -0.1) is 0 Å². The van der Waals surface area contributed by atoms with E-state index in [4.69, 9.17) is 9.47 Å². The molecule has 3 rings (SSSR count). The highest BCUT2D eigenvalue weighted by Crippen LogP contribution is 2.32. The summed E-state index contributed by atoms with van der Waals surface area (Å²) in [5.41, 5.74) is 1.42. The highest BCUT2D eigenvalue weighted by molar-refractivity contribution is 9.10. The summed E-state index contributed by atoms with van der Waals surface area (Å²) >= 11 is 3.20. The van der Waals surface area contributed by atoms with Gasteiger partial charge in [0, 0.05) is 30.3 Å². The summed E-state index contributed by atoms with van der Waals surface area (Å²) in [6.07, 6.45) is 3.32. The van der Waals surface area contributed by atoms with Crippen LogP contribution in [-0.2, 0) is 9.47 Å². The number of halogens is 2. The molecule has 1 fully saturated rings. The molecule has 0 amide bonds. The fourth-order valence-corrected chi connectivity index (χ4v) is 3.11. The molecule has 0 unspecified atom stereocenters. The van der Waals surface area contributed by atoms with E-state index < -0.39 is 11.8 Å². The summed E-state index contributed by atoms with van der Waals surface area (Å²) in [6, 6.07) is 3.06. The van der Waals surface area contributed by atoms with Crippen LogP contribution in [0.2, 0.25) is 0 Å². The minimum atomic E-state index is -0.452. The average Bonchev–Trinajstić information content (AvgIpc) is 2.58. The lowest BCUT2D eigenvalue weighted by Crippen LogP contribution is -2.31. The van der Waals surface area contributed by atoms with Crippen molar-refractivity contribution in [3.05, 3.63) is 34.2 Å². The molecule has 1 atom stereocenters. The number of esters is 1. The number of ether oxygens (including phenoxy) is 2. The summed E-state index contributed by atoms with van der Waals surface area (Å²) in [7, 11) is 0. The highest BCUT2D eigenvalue weighted by atomic mass is 79.9. The third kappa shape index (κ3) is 3.52. The fraction of sp³-hybridized carbons (Fsp3) is 0.412. The summed E-state index contributed by atoms with van der Waals surface area (Å²) < 4.78 is 24.7.